The highest BCUT2D eigenvalue weighted by molar-refractivity contribution is 7.95. The minimum absolute atomic E-state index is 0.0576. The molecule has 0 saturated carbocycles. The molecule has 234 valence electrons. The maximum atomic E-state index is 13.9. The molecule has 1 fully saturated rings. The number of carbonyl (C=O) groups excluding carboxylic acids is 2. The minimum atomic E-state index is -4.60. The highest BCUT2D eigenvalue weighted by atomic mass is 32.2. The van der Waals surface area contributed by atoms with Crippen molar-refractivity contribution < 1.29 is 36.3 Å². The molecule has 0 bridgehead atoms. The fraction of sp³-hybridized carbons (Fsp3) is 0.429. The van der Waals surface area contributed by atoms with Crippen molar-refractivity contribution in [3.8, 4) is 0 Å². The van der Waals surface area contributed by atoms with Crippen molar-refractivity contribution >= 4 is 33.2 Å². The lowest BCUT2D eigenvalue weighted by molar-refractivity contribution is 0.0791. The summed E-state index contributed by atoms with van der Waals surface area (Å²) in [6, 6.07) is 7.06. The third kappa shape index (κ3) is 7.53. The fourth-order valence-electron chi connectivity index (χ4n) is 4.76. The summed E-state index contributed by atoms with van der Waals surface area (Å²) >= 11 is 0. The van der Waals surface area contributed by atoms with E-state index in [0.717, 1.165) is 48.0 Å². The Balaban J connectivity index is 1.63. The maximum absolute atomic E-state index is 13.9. The van der Waals surface area contributed by atoms with Crippen LogP contribution in [0.2, 0.25) is 0 Å². The number of benzene rings is 2. The molecule has 0 aliphatic carbocycles. The summed E-state index contributed by atoms with van der Waals surface area (Å²) in [5.41, 5.74) is 4.34. The molecule has 15 heteroatoms. The van der Waals surface area contributed by atoms with E-state index >= 15 is 0 Å². The molecule has 2 aromatic carbocycles. The highest BCUT2D eigenvalue weighted by Gasteiger charge is 2.38. The van der Waals surface area contributed by atoms with Gasteiger partial charge in [-0.25, -0.2) is 26.9 Å². The van der Waals surface area contributed by atoms with E-state index in [1.54, 1.807) is 13.2 Å². The Morgan fingerprint density at radius 3 is 2.35 bits per heavy atom. The molecule has 12 nitrogen and oxygen atoms in total. The van der Waals surface area contributed by atoms with E-state index in [1.807, 2.05) is 19.1 Å². The van der Waals surface area contributed by atoms with Gasteiger partial charge in [-0.05, 0) is 51.2 Å². The molecule has 43 heavy (non-hydrogen) atoms. The van der Waals surface area contributed by atoms with Gasteiger partial charge in [0.25, 0.3) is 5.91 Å². The summed E-state index contributed by atoms with van der Waals surface area (Å²) < 4.78 is 64.8. The Bertz CT molecular complexity index is 1460. The smallest absolute Gasteiger partial charge is 0.416 e. The van der Waals surface area contributed by atoms with E-state index in [0.29, 0.717) is 30.5 Å². The van der Waals surface area contributed by atoms with Gasteiger partial charge >= 0.3 is 6.09 Å². The molecule has 2 N–H and O–H groups in total. The number of piperazine rings is 1. The highest BCUT2D eigenvalue weighted by Crippen LogP contribution is 2.30. The first kappa shape index (κ1) is 32.0. The average molecular weight is 623 g/mol. The first-order valence-electron chi connectivity index (χ1n) is 13.7. The second kappa shape index (κ2) is 13.6. The Hall–Kier alpha value is -3.95. The SMILES string of the molecule is CCOC(=O)N1CN(NC(=O)c2ccc(N3CCN(C)CC3)cc2N[C@@H](C)COC)C=C1S(=O)(=O)c1cc(F)cc(F)c1. The van der Waals surface area contributed by atoms with E-state index in [4.69, 9.17) is 9.47 Å². The number of sulfone groups is 1. The van der Waals surface area contributed by atoms with Crippen LogP contribution in [0.3, 0.4) is 0 Å². The fourth-order valence-corrected chi connectivity index (χ4v) is 6.23. The summed E-state index contributed by atoms with van der Waals surface area (Å²) in [7, 11) is -0.967. The predicted molar refractivity (Wildman–Crippen MR) is 156 cm³/mol. The molecule has 2 amide bonds. The van der Waals surface area contributed by atoms with Crippen LogP contribution in [-0.4, -0.2) is 101 Å². The van der Waals surface area contributed by atoms with Crippen LogP contribution in [0.1, 0.15) is 24.2 Å². The number of nitrogens with one attached hydrogen (secondary N) is 2. The molecule has 0 unspecified atom stereocenters. The van der Waals surface area contributed by atoms with Crippen LogP contribution in [0.5, 0.6) is 0 Å². The van der Waals surface area contributed by atoms with Gasteiger partial charge in [0.1, 0.15) is 18.3 Å². The van der Waals surface area contributed by atoms with Gasteiger partial charge in [-0.3, -0.25) is 15.2 Å². The number of methoxy groups -OCH3 is 1. The van der Waals surface area contributed by atoms with Gasteiger partial charge in [0.05, 0.1) is 29.9 Å². The van der Waals surface area contributed by atoms with Crippen molar-refractivity contribution in [2.45, 2.75) is 24.8 Å². The van der Waals surface area contributed by atoms with Crippen LogP contribution >= 0.6 is 0 Å². The summed E-state index contributed by atoms with van der Waals surface area (Å²) in [6.45, 7) is 6.78. The number of carbonyl (C=O) groups is 2. The van der Waals surface area contributed by atoms with Crippen molar-refractivity contribution in [2.24, 2.45) is 0 Å². The van der Waals surface area contributed by atoms with Crippen LogP contribution < -0.4 is 15.6 Å². The predicted octanol–water partition coefficient (Wildman–Crippen LogP) is 2.81. The monoisotopic (exact) mass is 622 g/mol. The lowest BCUT2D eigenvalue weighted by Gasteiger charge is -2.34. The maximum Gasteiger partial charge on any atom is 0.416 e. The molecule has 2 aromatic rings. The molecule has 0 aromatic heterocycles. The van der Waals surface area contributed by atoms with Gasteiger partial charge in [0.15, 0.2) is 5.03 Å². The number of nitrogens with zero attached hydrogens (tertiary/aromatic N) is 4. The third-order valence-corrected chi connectivity index (χ3v) is 8.65. The number of likely N-dealkylation sites (N-methyl/N-ethyl adjacent to an activating group) is 1. The first-order chi connectivity index (χ1) is 20.4. The molecule has 1 saturated heterocycles. The second-order valence-corrected chi connectivity index (χ2v) is 12.2. The number of rotatable bonds is 10. The van der Waals surface area contributed by atoms with Crippen molar-refractivity contribution in [1.29, 1.82) is 0 Å². The van der Waals surface area contributed by atoms with Gasteiger partial charge in [-0.1, -0.05) is 0 Å². The average Bonchev–Trinajstić information content (AvgIpc) is 3.38. The van der Waals surface area contributed by atoms with Crippen LogP contribution in [-0.2, 0) is 19.3 Å². The lowest BCUT2D eigenvalue weighted by Crippen LogP contribution is -2.44. The number of ether oxygens (including phenoxy) is 2. The van der Waals surface area contributed by atoms with E-state index in [9.17, 15) is 26.8 Å². The molecular formula is C28H36F2N6O6S. The third-order valence-electron chi connectivity index (χ3n) is 6.92. The number of halogens is 2. The van der Waals surface area contributed by atoms with Crippen LogP contribution in [0, 0.1) is 11.6 Å². The van der Waals surface area contributed by atoms with Gasteiger partial charge < -0.3 is 24.6 Å². The zero-order valence-corrected chi connectivity index (χ0v) is 25.3. The zero-order valence-electron chi connectivity index (χ0n) is 24.5. The van der Waals surface area contributed by atoms with Gasteiger partial charge in [-0.2, -0.15) is 0 Å². The molecular weight excluding hydrogens is 586 g/mol. The molecule has 4 rings (SSSR count). The molecule has 2 aliphatic rings. The van der Waals surface area contributed by atoms with E-state index in [-0.39, 0.29) is 18.2 Å². The Morgan fingerprint density at radius 2 is 1.72 bits per heavy atom. The molecule has 2 aliphatic heterocycles. The molecule has 2 heterocycles. The normalized spacial score (nSPS) is 16.6. The molecule has 1 atom stereocenters. The summed E-state index contributed by atoms with van der Waals surface area (Å²) in [6.07, 6.45) is -0.00937. The summed E-state index contributed by atoms with van der Waals surface area (Å²) in [5, 5.41) is 3.78. The second-order valence-electron chi connectivity index (χ2n) is 10.3. The first-order valence-corrected chi connectivity index (χ1v) is 15.2. The topological polar surface area (TPSA) is 124 Å². The van der Waals surface area contributed by atoms with Gasteiger partial charge in [0.2, 0.25) is 9.84 Å². The number of hydrogen-bond donors (Lipinski definition) is 2. The van der Waals surface area contributed by atoms with E-state index < -0.39 is 50.1 Å². The van der Waals surface area contributed by atoms with Crippen molar-refractivity contribution in [3.05, 3.63) is 64.8 Å². The van der Waals surface area contributed by atoms with Gasteiger partial charge in [-0.15, -0.1) is 0 Å². The number of hydrogen-bond acceptors (Lipinski definition) is 10. The minimum Gasteiger partial charge on any atom is -0.449 e. The number of anilines is 2. The Labute approximate surface area is 249 Å². The molecule has 0 radical (unpaired) electrons. The number of hydrazine groups is 1. The van der Waals surface area contributed by atoms with Crippen molar-refractivity contribution in [1.82, 2.24) is 20.2 Å². The van der Waals surface area contributed by atoms with E-state index in [2.05, 4.69) is 27.6 Å². The molecule has 0 spiro atoms. The van der Waals surface area contributed by atoms with Crippen molar-refractivity contribution in [3.63, 3.8) is 0 Å². The van der Waals surface area contributed by atoms with Crippen LogP contribution in [0.4, 0.5) is 25.0 Å². The zero-order chi connectivity index (χ0) is 31.3. The largest absolute Gasteiger partial charge is 0.449 e. The number of amides is 2. The lowest BCUT2D eigenvalue weighted by atomic mass is 10.1. The Morgan fingerprint density at radius 1 is 1.05 bits per heavy atom. The van der Waals surface area contributed by atoms with E-state index in [1.165, 1.54) is 6.92 Å². The standard InChI is InChI=1S/C28H36F2N6O6S/c1-5-42-28(38)36-18-35(16-26(36)43(39,40)23-13-20(29)12-21(30)14-23)32-27(37)24-7-6-22(34-10-8-33(3)9-11-34)15-25(24)31-19(2)17-41-4/h6-7,12-16,19,31H,5,8-11,17-18H2,1-4H3,(H,32,37)/t19-/m0/s1. The van der Waals surface area contributed by atoms with Crippen LogP contribution in [0.15, 0.2) is 52.5 Å². The van der Waals surface area contributed by atoms with Crippen LogP contribution in [0.25, 0.3) is 0 Å². The van der Waals surface area contributed by atoms with Gasteiger partial charge in [0, 0.05) is 56.8 Å². The summed E-state index contributed by atoms with van der Waals surface area (Å²) in [5.74, 6) is -2.80. The summed E-state index contributed by atoms with van der Waals surface area (Å²) in [4.78, 5) is 30.8. The Kier molecular flexibility index (Phi) is 10.1. The van der Waals surface area contributed by atoms with Crippen molar-refractivity contribution in [2.75, 3.05) is 70.4 Å². The quantitative estimate of drug-likeness (QED) is 0.409.